The SMILES string of the molecule is C=C/C(F)=C\C(C)CC. The van der Waals surface area contributed by atoms with Crippen molar-refractivity contribution in [3.8, 4) is 0 Å². The highest BCUT2D eigenvalue weighted by molar-refractivity contribution is 5.08. The van der Waals surface area contributed by atoms with E-state index in [-0.39, 0.29) is 5.83 Å². The number of allylic oxidation sites excluding steroid dienone is 3. The van der Waals surface area contributed by atoms with Crippen LogP contribution in [0.5, 0.6) is 0 Å². The van der Waals surface area contributed by atoms with Crippen molar-refractivity contribution >= 4 is 0 Å². The first kappa shape index (κ1) is 8.41. The molecule has 0 aliphatic heterocycles. The summed E-state index contributed by atoms with van der Waals surface area (Å²) in [4.78, 5) is 0. The number of rotatable bonds is 3. The van der Waals surface area contributed by atoms with E-state index in [1.807, 2.05) is 13.8 Å². The molecule has 0 saturated heterocycles. The lowest BCUT2D eigenvalue weighted by Crippen LogP contribution is -1.84. The smallest absolute Gasteiger partial charge is 0.118 e. The van der Waals surface area contributed by atoms with Gasteiger partial charge in [-0.25, -0.2) is 4.39 Å². The monoisotopic (exact) mass is 128 g/mol. The Morgan fingerprint density at radius 1 is 1.78 bits per heavy atom. The maximum absolute atomic E-state index is 12.3. The molecule has 0 saturated carbocycles. The van der Waals surface area contributed by atoms with Crippen molar-refractivity contribution in [2.75, 3.05) is 0 Å². The number of hydrogen-bond donors (Lipinski definition) is 0. The average molecular weight is 128 g/mol. The van der Waals surface area contributed by atoms with Gasteiger partial charge in [0.15, 0.2) is 0 Å². The van der Waals surface area contributed by atoms with Crippen molar-refractivity contribution in [2.24, 2.45) is 5.92 Å². The van der Waals surface area contributed by atoms with Gasteiger partial charge < -0.3 is 0 Å². The maximum Gasteiger partial charge on any atom is 0.118 e. The van der Waals surface area contributed by atoms with E-state index in [9.17, 15) is 4.39 Å². The Bertz CT molecular complexity index is 114. The molecule has 0 radical (unpaired) electrons. The van der Waals surface area contributed by atoms with Gasteiger partial charge in [-0.15, -0.1) is 0 Å². The van der Waals surface area contributed by atoms with E-state index >= 15 is 0 Å². The predicted molar refractivity (Wildman–Crippen MR) is 38.8 cm³/mol. The van der Waals surface area contributed by atoms with E-state index in [1.165, 1.54) is 6.08 Å². The van der Waals surface area contributed by atoms with E-state index in [1.54, 1.807) is 6.08 Å². The highest BCUT2D eigenvalue weighted by atomic mass is 19.1. The minimum Gasteiger partial charge on any atom is -0.207 e. The largest absolute Gasteiger partial charge is 0.207 e. The third-order valence-corrected chi connectivity index (χ3v) is 1.28. The van der Waals surface area contributed by atoms with Gasteiger partial charge in [-0.2, -0.15) is 0 Å². The lowest BCUT2D eigenvalue weighted by atomic mass is 10.1. The van der Waals surface area contributed by atoms with Crippen LogP contribution < -0.4 is 0 Å². The van der Waals surface area contributed by atoms with Crippen molar-refractivity contribution in [1.82, 2.24) is 0 Å². The minimum atomic E-state index is -0.218. The van der Waals surface area contributed by atoms with Crippen molar-refractivity contribution in [1.29, 1.82) is 0 Å². The molecule has 0 N–H and O–H groups in total. The Morgan fingerprint density at radius 3 is 2.67 bits per heavy atom. The molecule has 0 aromatic rings. The summed E-state index contributed by atoms with van der Waals surface area (Å²) < 4.78 is 12.3. The number of hydrogen-bond acceptors (Lipinski definition) is 0. The lowest BCUT2D eigenvalue weighted by molar-refractivity contribution is 0.621. The predicted octanol–water partition coefficient (Wildman–Crippen LogP) is 3.07. The molecule has 0 heterocycles. The molecule has 1 heteroatoms. The highest BCUT2D eigenvalue weighted by Crippen LogP contribution is 2.07. The first-order valence-electron chi connectivity index (χ1n) is 3.20. The molecule has 9 heavy (non-hydrogen) atoms. The highest BCUT2D eigenvalue weighted by Gasteiger charge is 1.93. The molecule has 1 unspecified atom stereocenters. The van der Waals surface area contributed by atoms with Crippen LogP contribution in [-0.2, 0) is 0 Å². The van der Waals surface area contributed by atoms with E-state index in [0.717, 1.165) is 6.42 Å². The third kappa shape index (κ3) is 3.95. The fourth-order valence-corrected chi connectivity index (χ4v) is 0.458. The summed E-state index contributed by atoms with van der Waals surface area (Å²) in [7, 11) is 0. The second-order valence-corrected chi connectivity index (χ2v) is 2.14. The van der Waals surface area contributed by atoms with Gasteiger partial charge in [0.2, 0.25) is 0 Å². The lowest BCUT2D eigenvalue weighted by Gasteiger charge is -1.97. The van der Waals surface area contributed by atoms with Crippen LogP contribution >= 0.6 is 0 Å². The van der Waals surface area contributed by atoms with Gasteiger partial charge in [0.05, 0.1) is 0 Å². The van der Waals surface area contributed by atoms with Crippen LogP contribution in [0.15, 0.2) is 24.6 Å². The van der Waals surface area contributed by atoms with Crippen LogP contribution in [0, 0.1) is 5.92 Å². The van der Waals surface area contributed by atoms with Gasteiger partial charge in [-0.3, -0.25) is 0 Å². The zero-order valence-corrected chi connectivity index (χ0v) is 6.02. The van der Waals surface area contributed by atoms with Crippen molar-refractivity contribution in [3.05, 3.63) is 24.6 Å². The van der Waals surface area contributed by atoms with Crippen LogP contribution in [0.2, 0.25) is 0 Å². The molecule has 0 bridgehead atoms. The summed E-state index contributed by atoms with van der Waals surface area (Å²) in [5, 5.41) is 0. The van der Waals surface area contributed by atoms with Crippen LogP contribution in [0.4, 0.5) is 4.39 Å². The van der Waals surface area contributed by atoms with Crippen LogP contribution in [0.3, 0.4) is 0 Å². The van der Waals surface area contributed by atoms with Crippen LogP contribution in [-0.4, -0.2) is 0 Å². The number of halogens is 1. The van der Waals surface area contributed by atoms with Crippen molar-refractivity contribution < 1.29 is 4.39 Å². The molecule has 0 spiro atoms. The van der Waals surface area contributed by atoms with Crippen LogP contribution in [0.25, 0.3) is 0 Å². The first-order chi connectivity index (χ1) is 4.20. The molecule has 52 valence electrons. The Morgan fingerprint density at radius 2 is 2.33 bits per heavy atom. The van der Waals surface area contributed by atoms with E-state index in [4.69, 9.17) is 0 Å². The van der Waals surface area contributed by atoms with Crippen molar-refractivity contribution in [3.63, 3.8) is 0 Å². The normalized spacial score (nSPS) is 15.2. The second kappa shape index (κ2) is 4.30. The van der Waals surface area contributed by atoms with Crippen LogP contribution in [0.1, 0.15) is 20.3 Å². The first-order valence-corrected chi connectivity index (χ1v) is 3.20. The summed E-state index contributed by atoms with van der Waals surface area (Å²) in [5.41, 5.74) is 0. The minimum absolute atomic E-state index is 0.218. The van der Waals surface area contributed by atoms with E-state index < -0.39 is 0 Å². The molecule has 0 aromatic heterocycles. The molecule has 0 aliphatic carbocycles. The van der Waals surface area contributed by atoms with E-state index in [0.29, 0.717) is 5.92 Å². The average Bonchev–Trinajstić information content (AvgIpc) is 1.87. The van der Waals surface area contributed by atoms with E-state index in [2.05, 4.69) is 6.58 Å². The zero-order valence-electron chi connectivity index (χ0n) is 6.02. The molecule has 0 rings (SSSR count). The zero-order chi connectivity index (χ0) is 7.28. The maximum atomic E-state index is 12.3. The fraction of sp³-hybridized carbons (Fsp3) is 0.500. The Kier molecular flexibility index (Phi) is 4.02. The molecule has 0 aliphatic rings. The summed E-state index contributed by atoms with van der Waals surface area (Å²) in [6.07, 6.45) is 3.78. The fourth-order valence-electron chi connectivity index (χ4n) is 0.458. The molecule has 1 atom stereocenters. The van der Waals surface area contributed by atoms with Gasteiger partial charge in [0, 0.05) is 0 Å². The third-order valence-electron chi connectivity index (χ3n) is 1.28. The summed E-state index contributed by atoms with van der Waals surface area (Å²) in [6, 6.07) is 0. The van der Waals surface area contributed by atoms with Gasteiger partial charge in [-0.05, 0) is 24.5 Å². The Labute approximate surface area is 56.1 Å². The molecular formula is C8H13F. The molecular weight excluding hydrogens is 115 g/mol. The Balaban J connectivity index is 3.78. The topological polar surface area (TPSA) is 0 Å². The second-order valence-electron chi connectivity index (χ2n) is 2.14. The summed E-state index contributed by atoms with van der Waals surface area (Å²) >= 11 is 0. The van der Waals surface area contributed by atoms with Gasteiger partial charge >= 0.3 is 0 Å². The summed E-state index contributed by atoms with van der Waals surface area (Å²) in [5.74, 6) is 0.104. The van der Waals surface area contributed by atoms with Crippen molar-refractivity contribution in [2.45, 2.75) is 20.3 Å². The summed E-state index contributed by atoms with van der Waals surface area (Å²) in [6.45, 7) is 7.31. The molecule has 0 amide bonds. The van der Waals surface area contributed by atoms with Gasteiger partial charge in [0.25, 0.3) is 0 Å². The molecule has 0 nitrogen and oxygen atoms in total. The standard InChI is InChI=1S/C8H13F/c1-4-7(3)6-8(9)5-2/h5-7H,2,4H2,1,3H3/b8-6+. The quantitative estimate of drug-likeness (QED) is 0.512. The Hall–Kier alpha value is -0.590. The molecule has 0 fully saturated rings. The van der Waals surface area contributed by atoms with Gasteiger partial charge in [-0.1, -0.05) is 20.4 Å². The van der Waals surface area contributed by atoms with Gasteiger partial charge in [0.1, 0.15) is 5.83 Å². The molecule has 0 aromatic carbocycles.